The van der Waals surface area contributed by atoms with Gasteiger partial charge in [0.1, 0.15) is 0 Å². The third-order valence-electron chi connectivity index (χ3n) is 6.59. The molecule has 174 valence electrons. The van der Waals surface area contributed by atoms with Crippen LogP contribution in [0, 0.1) is 0 Å². The van der Waals surface area contributed by atoms with Crippen molar-refractivity contribution in [1.82, 2.24) is 0 Å². The second kappa shape index (κ2) is 13.8. The topological polar surface area (TPSA) is 3.24 Å². The van der Waals surface area contributed by atoms with E-state index in [0.717, 1.165) is 0 Å². The zero-order valence-corrected chi connectivity index (χ0v) is 23.7. The van der Waals surface area contributed by atoms with E-state index in [1.807, 2.05) is 0 Å². The fourth-order valence-electron chi connectivity index (χ4n) is 4.71. The average Bonchev–Trinajstić information content (AvgIpc) is 2.87. The third-order valence-corrected chi connectivity index (χ3v) is 12.0. The monoisotopic (exact) mass is 547 g/mol. The van der Waals surface area contributed by atoms with Crippen molar-refractivity contribution in [3.63, 3.8) is 0 Å². The molecule has 0 spiro atoms. The van der Waals surface area contributed by atoms with Gasteiger partial charge in [-0.25, -0.2) is 0 Å². The normalized spacial score (nSPS) is 11.5. The summed E-state index contributed by atoms with van der Waals surface area (Å²) in [5.41, 5.74) is 3.66. The van der Waals surface area contributed by atoms with E-state index >= 15 is 0 Å². The Hall–Kier alpha value is -1.74. The van der Waals surface area contributed by atoms with Crippen LogP contribution in [0.5, 0.6) is 0 Å². The maximum absolute atomic E-state index is 2.46. The first-order valence-electron chi connectivity index (χ1n) is 13.0. The second-order valence-electron chi connectivity index (χ2n) is 9.27. The van der Waals surface area contributed by atoms with Gasteiger partial charge < -0.3 is 0 Å². The zero-order valence-electron chi connectivity index (χ0n) is 20.9. The van der Waals surface area contributed by atoms with Crippen molar-refractivity contribution in [2.24, 2.45) is 0 Å². The molecular formula is C31H41NSn. The molecule has 3 aromatic carbocycles. The van der Waals surface area contributed by atoms with E-state index in [-0.39, 0.29) is 0 Å². The minimum absolute atomic E-state index is 0.630. The van der Waals surface area contributed by atoms with Crippen LogP contribution in [-0.4, -0.2) is 21.1 Å². The molecule has 0 heterocycles. The molecule has 3 aromatic rings. The number of unbranched alkanes of at least 4 members (excludes halogenated alkanes) is 3. The summed E-state index contributed by atoms with van der Waals surface area (Å²) in [4.78, 5) is 2.37. The van der Waals surface area contributed by atoms with Gasteiger partial charge in [-0.1, -0.05) is 0 Å². The average molecular weight is 546 g/mol. The first-order valence-corrected chi connectivity index (χ1v) is 15.8. The van der Waals surface area contributed by atoms with Crippen molar-refractivity contribution in [2.45, 2.75) is 82.0 Å². The molecule has 0 saturated heterocycles. The molecule has 2 heteroatoms. The molecule has 0 aromatic heterocycles. The molecule has 33 heavy (non-hydrogen) atoms. The minimum atomic E-state index is -0.700. The van der Waals surface area contributed by atoms with E-state index in [1.54, 1.807) is 3.58 Å². The van der Waals surface area contributed by atoms with E-state index in [0.29, 0.717) is 3.43 Å². The summed E-state index contributed by atoms with van der Waals surface area (Å²) in [6.07, 6.45) is 12.5. The van der Waals surface area contributed by atoms with Gasteiger partial charge in [-0.3, -0.25) is 0 Å². The Morgan fingerprint density at radius 2 is 0.939 bits per heavy atom. The van der Waals surface area contributed by atoms with E-state index in [4.69, 9.17) is 0 Å². The van der Waals surface area contributed by atoms with Gasteiger partial charge in [0, 0.05) is 0 Å². The summed E-state index contributed by atoms with van der Waals surface area (Å²) in [7, 11) is 0. The first kappa shape index (κ1) is 25.9. The van der Waals surface area contributed by atoms with Gasteiger partial charge in [-0.05, 0) is 0 Å². The Labute approximate surface area is 212 Å². The van der Waals surface area contributed by atoms with Gasteiger partial charge in [0.25, 0.3) is 0 Å². The summed E-state index contributed by atoms with van der Waals surface area (Å²) < 4.78 is 2.29. The Morgan fingerprint density at radius 3 is 1.33 bits per heavy atom. The molecule has 3 rings (SSSR count). The van der Waals surface area contributed by atoms with Crippen LogP contribution in [-0.2, 0) is 0 Å². The Morgan fingerprint density at radius 1 is 0.545 bits per heavy atom. The Balaban J connectivity index is 1.88. The predicted octanol–water partition coefficient (Wildman–Crippen LogP) is 9.22. The number of nitrogens with zero attached hydrogens (tertiary/aromatic N) is 1. The molecule has 0 aliphatic rings. The van der Waals surface area contributed by atoms with Crippen molar-refractivity contribution < 1.29 is 0 Å². The second-order valence-corrected chi connectivity index (χ2v) is 14.7. The number of para-hydroxylation sites is 2. The zero-order chi connectivity index (χ0) is 23.4. The molecule has 0 aliphatic heterocycles. The molecule has 0 aliphatic carbocycles. The summed E-state index contributed by atoms with van der Waals surface area (Å²) >= 11 is -0.700. The summed E-state index contributed by atoms with van der Waals surface area (Å²) in [6, 6.07) is 31.1. The predicted molar refractivity (Wildman–Crippen MR) is 148 cm³/mol. The molecule has 0 saturated carbocycles. The van der Waals surface area contributed by atoms with Crippen molar-refractivity contribution in [1.29, 1.82) is 0 Å². The van der Waals surface area contributed by atoms with Crippen LogP contribution in [0.4, 0.5) is 17.1 Å². The Kier molecular flexibility index (Phi) is 10.9. The molecule has 1 nitrogen and oxygen atoms in total. The summed E-state index contributed by atoms with van der Waals surface area (Å²) in [5.74, 6) is 0. The van der Waals surface area contributed by atoms with Gasteiger partial charge >= 0.3 is 214 Å². The van der Waals surface area contributed by atoms with Crippen molar-refractivity contribution in [3.8, 4) is 0 Å². The standard InChI is InChI=1S/C18H14N.C13H27.Sn/c1-4-10-16(11-5-1)19(17-12-6-2-7-13-17)18-14-8-3-9-15-18;1-4-7-10-13(11-8-5-2)12-9-6-3;/h1-2,4-15H;4-12H2,1-3H3;. The molecule has 0 unspecified atom stereocenters. The number of rotatable bonds is 14. The van der Waals surface area contributed by atoms with Crippen LogP contribution in [0.2, 0.25) is 3.43 Å². The SMILES string of the molecule is CCCC[C](CCCC)(CCCC)[Sn][c]1ccc(N(c2ccccc2)c2ccccc2)cc1. The van der Waals surface area contributed by atoms with Crippen LogP contribution >= 0.6 is 0 Å². The maximum atomic E-state index is 2.46. The van der Waals surface area contributed by atoms with Gasteiger partial charge in [0.15, 0.2) is 0 Å². The van der Waals surface area contributed by atoms with Gasteiger partial charge in [-0.2, -0.15) is 0 Å². The van der Waals surface area contributed by atoms with Crippen molar-refractivity contribution >= 4 is 41.8 Å². The van der Waals surface area contributed by atoms with Crippen LogP contribution < -0.4 is 8.48 Å². The summed E-state index contributed by atoms with van der Waals surface area (Å²) in [5, 5.41) is 0. The number of benzene rings is 3. The fourth-order valence-corrected chi connectivity index (χ4v) is 9.99. The van der Waals surface area contributed by atoms with Gasteiger partial charge in [0.05, 0.1) is 0 Å². The molecule has 0 fully saturated rings. The van der Waals surface area contributed by atoms with Crippen LogP contribution in [0.25, 0.3) is 0 Å². The number of hydrogen-bond donors (Lipinski definition) is 0. The van der Waals surface area contributed by atoms with E-state index in [1.165, 1.54) is 74.8 Å². The van der Waals surface area contributed by atoms with Gasteiger partial charge in [-0.15, -0.1) is 0 Å². The molecule has 0 N–H and O–H groups in total. The quantitative estimate of drug-likeness (QED) is 0.182. The molecule has 2 radical (unpaired) electrons. The Bertz CT molecular complexity index is 843. The van der Waals surface area contributed by atoms with Crippen molar-refractivity contribution in [2.75, 3.05) is 4.90 Å². The van der Waals surface area contributed by atoms with E-state index < -0.39 is 21.1 Å². The van der Waals surface area contributed by atoms with Gasteiger partial charge in [0.2, 0.25) is 0 Å². The molecule has 0 bridgehead atoms. The molecular weight excluding hydrogens is 505 g/mol. The first-order chi connectivity index (χ1) is 16.2. The van der Waals surface area contributed by atoms with E-state index in [9.17, 15) is 0 Å². The third kappa shape index (κ3) is 7.63. The van der Waals surface area contributed by atoms with Crippen LogP contribution in [0.15, 0.2) is 84.9 Å². The number of anilines is 3. The van der Waals surface area contributed by atoms with Crippen molar-refractivity contribution in [3.05, 3.63) is 84.9 Å². The number of hydrogen-bond acceptors (Lipinski definition) is 1. The summed E-state index contributed by atoms with van der Waals surface area (Å²) in [6.45, 7) is 7.06. The van der Waals surface area contributed by atoms with Crippen LogP contribution in [0.3, 0.4) is 0 Å². The molecule has 0 amide bonds. The van der Waals surface area contributed by atoms with Crippen LogP contribution in [0.1, 0.15) is 78.6 Å². The molecule has 0 atom stereocenters. The van der Waals surface area contributed by atoms with E-state index in [2.05, 4.69) is 111 Å². The fraction of sp³-hybridized carbons (Fsp3) is 0.419.